The van der Waals surface area contributed by atoms with Crippen molar-refractivity contribution in [2.24, 2.45) is 5.73 Å². The first-order chi connectivity index (χ1) is 9.36. The molecule has 0 saturated carbocycles. The van der Waals surface area contributed by atoms with Crippen LogP contribution in [0.25, 0.3) is 0 Å². The smallest absolute Gasteiger partial charge is 0.341 e. The fraction of sp³-hybridized carbons (Fsp3) is 0.583. The van der Waals surface area contributed by atoms with Crippen molar-refractivity contribution in [3.05, 3.63) is 17.4 Å². The summed E-state index contributed by atoms with van der Waals surface area (Å²) in [6.07, 6.45) is 1.51. The van der Waals surface area contributed by atoms with Crippen LogP contribution in [0.4, 0.5) is 0 Å². The molecule has 0 bridgehead atoms. The number of halogens is 1. The summed E-state index contributed by atoms with van der Waals surface area (Å²) in [5.74, 6) is -0.403. The first-order valence-corrected chi connectivity index (χ1v) is 7.74. The Labute approximate surface area is 129 Å². The lowest BCUT2D eigenvalue weighted by Gasteiger charge is -2.28. The van der Waals surface area contributed by atoms with Crippen molar-refractivity contribution in [1.82, 2.24) is 4.31 Å². The lowest BCUT2D eigenvalue weighted by atomic mass is 10.1. The Kier molecular flexibility index (Phi) is 5.80. The second-order valence-electron chi connectivity index (χ2n) is 4.79. The van der Waals surface area contributed by atoms with E-state index in [1.165, 1.54) is 24.4 Å². The lowest BCUT2D eigenvalue weighted by molar-refractivity contribution is 0.0599. The van der Waals surface area contributed by atoms with Gasteiger partial charge in [0.1, 0.15) is 11.3 Å². The molecule has 2 rings (SSSR count). The topological polar surface area (TPSA) is 103 Å². The van der Waals surface area contributed by atoms with Crippen LogP contribution in [0.1, 0.15) is 29.0 Å². The first-order valence-electron chi connectivity index (χ1n) is 6.30. The van der Waals surface area contributed by atoms with Crippen LogP contribution in [0.3, 0.4) is 0 Å². The van der Waals surface area contributed by atoms with Crippen LogP contribution in [0.15, 0.2) is 15.6 Å². The summed E-state index contributed by atoms with van der Waals surface area (Å²) in [7, 11) is -2.53. The molecule has 9 heteroatoms. The van der Waals surface area contributed by atoms with Crippen LogP contribution in [0.5, 0.6) is 0 Å². The van der Waals surface area contributed by atoms with E-state index in [9.17, 15) is 13.2 Å². The van der Waals surface area contributed by atoms with Gasteiger partial charge in [-0.15, -0.1) is 12.4 Å². The van der Waals surface area contributed by atoms with E-state index in [4.69, 9.17) is 10.2 Å². The van der Waals surface area contributed by atoms with Gasteiger partial charge in [0, 0.05) is 25.2 Å². The number of nitrogens with zero attached hydrogens (tertiary/aromatic N) is 1. The van der Waals surface area contributed by atoms with Crippen molar-refractivity contribution in [1.29, 1.82) is 0 Å². The summed E-state index contributed by atoms with van der Waals surface area (Å²) in [4.78, 5) is 11.5. The molecule has 2 N–H and O–H groups in total. The monoisotopic (exact) mass is 338 g/mol. The molecule has 0 aromatic carbocycles. The number of aryl methyl sites for hydroxylation is 1. The summed E-state index contributed by atoms with van der Waals surface area (Å²) in [6, 6.07) is 1.03. The molecule has 0 radical (unpaired) electrons. The minimum atomic E-state index is -3.76. The Hall–Kier alpha value is -1.09. The molecular formula is C12H19ClN2O5S. The highest BCUT2D eigenvalue weighted by atomic mass is 35.5. The molecule has 0 aliphatic carbocycles. The Morgan fingerprint density at radius 2 is 2.19 bits per heavy atom. The maximum Gasteiger partial charge on any atom is 0.341 e. The van der Waals surface area contributed by atoms with Gasteiger partial charge in [-0.1, -0.05) is 0 Å². The number of methoxy groups -OCH3 is 1. The van der Waals surface area contributed by atoms with Crippen molar-refractivity contribution in [3.8, 4) is 0 Å². The lowest BCUT2D eigenvalue weighted by Crippen LogP contribution is -2.45. The van der Waals surface area contributed by atoms with E-state index < -0.39 is 16.0 Å². The van der Waals surface area contributed by atoms with E-state index >= 15 is 0 Å². The standard InChI is InChI=1S/C12H18N2O5S.ClH/c1-8-10(12(15)18-2)6-11(19-8)20(16,17)14-5-3-4-9(13)7-14;/h6,9H,3-5,7,13H2,1-2H3;1H. The zero-order valence-electron chi connectivity index (χ0n) is 11.9. The number of nitrogens with two attached hydrogens (primary N) is 1. The minimum absolute atomic E-state index is 0. The minimum Gasteiger partial charge on any atom is -0.465 e. The van der Waals surface area contributed by atoms with Gasteiger partial charge >= 0.3 is 5.97 Å². The second-order valence-corrected chi connectivity index (χ2v) is 6.66. The van der Waals surface area contributed by atoms with Gasteiger partial charge in [-0.25, -0.2) is 13.2 Å². The maximum atomic E-state index is 12.4. The van der Waals surface area contributed by atoms with Crippen molar-refractivity contribution in [2.75, 3.05) is 20.2 Å². The maximum absolute atomic E-state index is 12.4. The van der Waals surface area contributed by atoms with E-state index in [0.717, 1.165) is 6.42 Å². The summed E-state index contributed by atoms with van der Waals surface area (Å²) in [5.41, 5.74) is 5.91. The summed E-state index contributed by atoms with van der Waals surface area (Å²) >= 11 is 0. The highest BCUT2D eigenvalue weighted by molar-refractivity contribution is 7.89. The fourth-order valence-corrected chi connectivity index (χ4v) is 3.72. The fourth-order valence-electron chi connectivity index (χ4n) is 2.21. The van der Waals surface area contributed by atoms with Gasteiger partial charge in [-0.2, -0.15) is 4.31 Å². The number of sulfonamides is 1. The molecule has 1 unspecified atom stereocenters. The molecule has 1 aliphatic heterocycles. The number of esters is 1. The number of rotatable bonds is 3. The second kappa shape index (κ2) is 6.78. The Bertz CT molecular complexity index is 613. The van der Waals surface area contributed by atoms with Gasteiger partial charge in [0.15, 0.2) is 0 Å². The Balaban J connectivity index is 0.00000220. The van der Waals surface area contributed by atoms with E-state index in [1.807, 2.05) is 0 Å². The molecule has 1 aromatic rings. The van der Waals surface area contributed by atoms with Crippen molar-refractivity contribution in [2.45, 2.75) is 30.9 Å². The SMILES string of the molecule is COC(=O)c1cc(S(=O)(=O)N2CCCC(N)C2)oc1C.Cl. The largest absolute Gasteiger partial charge is 0.465 e. The number of hydrogen-bond donors (Lipinski definition) is 1. The van der Waals surface area contributed by atoms with Crippen LogP contribution >= 0.6 is 12.4 Å². The number of piperidine rings is 1. The van der Waals surface area contributed by atoms with Gasteiger partial charge in [0.05, 0.1) is 7.11 Å². The predicted octanol–water partition coefficient (Wildman–Crippen LogP) is 0.908. The van der Waals surface area contributed by atoms with Gasteiger partial charge < -0.3 is 14.9 Å². The van der Waals surface area contributed by atoms with E-state index in [2.05, 4.69) is 4.74 Å². The third kappa shape index (κ3) is 3.57. The number of hydrogen-bond acceptors (Lipinski definition) is 6. The molecule has 0 spiro atoms. The zero-order chi connectivity index (χ0) is 14.9. The van der Waals surface area contributed by atoms with Crippen LogP contribution in [0.2, 0.25) is 0 Å². The number of furan rings is 1. The average molecular weight is 339 g/mol. The van der Waals surface area contributed by atoms with Crippen molar-refractivity contribution >= 4 is 28.4 Å². The Morgan fingerprint density at radius 3 is 2.76 bits per heavy atom. The molecule has 1 atom stereocenters. The first kappa shape index (κ1) is 18.0. The molecule has 21 heavy (non-hydrogen) atoms. The summed E-state index contributed by atoms with van der Waals surface area (Å²) in [5, 5.41) is -0.246. The van der Waals surface area contributed by atoms with Crippen molar-refractivity contribution < 1.29 is 22.4 Å². The third-order valence-corrected chi connectivity index (χ3v) is 5.04. The van der Waals surface area contributed by atoms with E-state index in [1.54, 1.807) is 0 Å². The van der Waals surface area contributed by atoms with Gasteiger partial charge in [-0.3, -0.25) is 0 Å². The number of ether oxygens (including phenoxy) is 1. The molecule has 120 valence electrons. The molecule has 1 saturated heterocycles. The predicted molar refractivity (Wildman–Crippen MR) is 78.0 cm³/mol. The summed E-state index contributed by atoms with van der Waals surface area (Å²) in [6.45, 7) is 2.19. The molecule has 1 aliphatic rings. The zero-order valence-corrected chi connectivity index (χ0v) is 13.5. The van der Waals surface area contributed by atoms with Gasteiger partial charge in [0.25, 0.3) is 10.0 Å². The molecule has 1 aromatic heterocycles. The molecule has 1 fully saturated rings. The number of carbonyl (C=O) groups excluding carboxylic acids is 1. The van der Waals surface area contributed by atoms with Crippen LogP contribution in [0, 0.1) is 6.92 Å². The van der Waals surface area contributed by atoms with E-state index in [-0.39, 0.29) is 41.4 Å². The van der Waals surface area contributed by atoms with Crippen molar-refractivity contribution in [3.63, 3.8) is 0 Å². The van der Waals surface area contributed by atoms with E-state index in [0.29, 0.717) is 13.0 Å². The highest BCUT2D eigenvalue weighted by Gasteiger charge is 2.33. The molecule has 0 amide bonds. The highest BCUT2D eigenvalue weighted by Crippen LogP contribution is 2.25. The van der Waals surface area contributed by atoms with Crippen LogP contribution in [-0.4, -0.2) is 44.9 Å². The van der Waals surface area contributed by atoms with Gasteiger partial charge in [0.2, 0.25) is 5.09 Å². The molecule has 2 heterocycles. The molecular weight excluding hydrogens is 320 g/mol. The molecule has 7 nitrogen and oxygen atoms in total. The normalized spacial score (nSPS) is 19.9. The van der Waals surface area contributed by atoms with Crippen LogP contribution < -0.4 is 5.73 Å². The average Bonchev–Trinajstić information content (AvgIpc) is 2.80. The third-order valence-electron chi connectivity index (χ3n) is 3.32. The van der Waals surface area contributed by atoms with Crippen LogP contribution in [-0.2, 0) is 14.8 Å². The number of carbonyl (C=O) groups is 1. The quantitative estimate of drug-likeness (QED) is 0.822. The Morgan fingerprint density at radius 1 is 1.52 bits per heavy atom. The van der Waals surface area contributed by atoms with Gasteiger partial charge in [-0.05, 0) is 19.8 Å². The summed E-state index contributed by atoms with van der Waals surface area (Å²) < 4.78 is 36.0.